The molecule has 1 N–H and O–H groups in total. The minimum atomic E-state index is -4.71. The number of halogens is 3. The van der Waals surface area contributed by atoms with Gasteiger partial charge in [-0.3, -0.25) is 0 Å². The Morgan fingerprint density at radius 3 is 2.15 bits per heavy atom. The van der Waals surface area contributed by atoms with E-state index in [0.717, 1.165) is 30.7 Å². The molecule has 0 saturated carbocycles. The second-order valence-corrected chi connectivity index (χ2v) is 5.14. The first-order valence-electron chi connectivity index (χ1n) is 6.59. The molecule has 1 unspecified atom stereocenters. The van der Waals surface area contributed by atoms with Gasteiger partial charge in [0.15, 0.2) is 5.60 Å². The van der Waals surface area contributed by atoms with E-state index in [1.54, 1.807) is 30.3 Å². The smallest absolute Gasteiger partial charge is 0.376 e. The maximum atomic E-state index is 13.0. The molecule has 108 valence electrons. The lowest BCUT2D eigenvalue weighted by Crippen LogP contribution is -2.39. The summed E-state index contributed by atoms with van der Waals surface area (Å²) in [5.41, 5.74) is -1.94. The topological polar surface area (TPSA) is 20.2 Å². The second-order valence-electron chi connectivity index (χ2n) is 5.14. The Morgan fingerprint density at radius 1 is 1.00 bits per heavy atom. The number of hydrogen-bond donors (Lipinski definition) is 1. The number of alkyl halides is 3. The fraction of sp³-hybridized carbons (Fsp3) is 0.375. The van der Waals surface area contributed by atoms with Gasteiger partial charge in [0.1, 0.15) is 0 Å². The zero-order valence-corrected chi connectivity index (χ0v) is 11.5. The van der Waals surface area contributed by atoms with Crippen molar-refractivity contribution in [1.82, 2.24) is 0 Å². The van der Waals surface area contributed by atoms with Gasteiger partial charge in [0.05, 0.1) is 0 Å². The standard InChI is InChI=1S/C16H17F3O/c1-3-6-11-9-10-14(15(2,20)16(17,18)19)13-8-5-4-7-12(11)13/h4-5,7-10,20H,3,6H2,1-2H3. The van der Waals surface area contributed by atoms with Crippen molar-refractivity contribution in [2.75, 3.05) is 0 Å². The van der Waals surface area contributed by atoms with E-state index in [1.165, 1.54) is 6.07 Å². The van der Waals surface area contributed by atoms with Crippen LogP contribution in [-0.2, 0) is 12.0 Å². The summed E-state index contributed by atoms with van der Waals surface area (Å²) in [5, 5.41) is 11.1. The summed E-state index contributed by atoms with van der Waals surface area (Å²) in [6.07, 6.45) is -2.99. The fourth-order valence-corrected chi connectivity index (χ4v) is 2.43. The fourth-order valence-electron chi connectivity index (χ4n) is 2.43. The van der Waals surface area contributed by atoms with E-state index < -0.39 is 11.8 Å². The summed E-state index contributed by atoms with van der Waals surface area (Å²) >= 11 is 0. The number of rotatable bonds is 3. The van der Waals surface area contributed by atoms with Crippen molar-refractivity contribution in [2.24, 2.45) is 0 Å². The predicted octanol–water partition coefficient (Wildman–Crippen LogP) is 4.56. The lowest BCUT2D eigenvalue weighted by atomic mass is 9.88. The third-order valence-electron chi connectivity index (χ3n) is 3.61. The highest BCUT2D eigenvalue weighted by atomic mass is 19.4. The maximum absolute atomic E-state index is 13.0. The predicted molar refractivity (Wildman–Crippen MR) is 73.6 cm³/mol. The van der Waals surface area contributed by atoms with Crippen LogP contribution >= 0.6 is 0 Å². The van der Waals surface area contributed by atoms with Gasteiger partial charge in [0, 0.05) is 5.56 Å². The first kappa shape index (κ1) is 14.9. The Balaban J connectivity index is 2.71. The zero-order valence-electron chi connectivity index (χ0n) is 11.5. The van der Waals surface area contributed by atoms with Crippen molar-refractivity contribution in [3.8, 4) is 0 Å². The molecule has 0 heterocycles. The Morgan fingerprint density at radius 2 is 1.60 bits per heavy atom. The average molecular weight is 282 g/mol. The first-order valence-corrected chi connectivity index (χ1v) is 6.59. The zero-order chi connectivity index (χ0) is 15.0. The lowest BCUT2D eigenvalue weighted by molar-refractivity contribution is -0.258. The van der Waals surface area contributed by atoms with Crippen LogP contribution in [-0.4, -0.2) is 11.3 Å². The minimum Gasteiger partial charge on any atom is -0.376 e. The summed E-state index contributed by atoms with van der Waals surface area (Å²) in [7, 11) is 0. The molecule has 0 radical (unpaired) electrons. The van der Waals surface area contributed by atoms with E-state index in [0.29, 0.717) is 5.39 Å². The van der Waals surface area contributed by atoms with Gasteiger partial charge in [0.2, 0.25) is 0 Å². The largest absolute Gasteiger partial charge is 0.421 e. The van der Waals surface area contributed by atoms with E-state index in [2.05, 4.69) is 0 Å². The third kappa shape index (κ3) is 2.40. The third-order valence-corrected chi connectivity index (χ3v) is 3.61. The van der Waals surface area contributed by atoms with Gasteiger partial charge in [-0.2, -0.15) is 13.2 Å². The van der Waals surface area contributed by atoms with Crippen LogP contribution in [0.2, 0.25) is 0 Å². The molecule has 2 aromatic rings. The van der Waals surface area contributed by atoms with Gasteiger partial charge in [0.25, 0.3) is 0 Å². The molecule has 1 atom stereocenters. The SMILES string of the molecule is CCCc1ccc(C(C)(O)C(F)(F)F)c2ccccc12. The van der Waals surface area contributed by atoms with E-state index in [9.17, 15) is 18.3 Å². The van der Waals surface area contributed by atoms with Crippen molar-refractivity contribution in [3.05, 3.63) is 47.5 Å². The molecule has 0 amide bonds. The summed E-state index contributed by atoms with van der Waals surface area (Å²) < 4.78 is 39.1. The molecule has 2 rings (SSSR count). The highest BCUT2D eigenvalue weighted by Crippen LogP contribution is 2.41. The molecule has 0 aliphatic rings. The molecule has 0 fully saturated rings. The Bertz CT molecular complexity index is 615. The van der Waals surface area contributed by atoms with E-state index in [-0.39, 0.29) is 5.56 Å². The van der Waals surface area contributed by atoms with E-state index >= 15 is 0 Å². The van der Waals surface area contributed by atoms with Crippen LogP contribution in [0.25, 0.3) is 10.8 Å². The van der Waals surface area contributed by atoms with Crippen LogP contribution in [0.15, 0.2) is 36.4 Å². The van der Waals surface area contributed by atoms with Crippen molar-refractivity contribution < 1.29 is 18.3 Å². The van der Waals surface area contributed by atoms with E-state index in [4.69, 9.17) is 0 Å². The highest BCUT2D eigenvalue weighted by Gasteiger charge is 2.51. The molecule has 0 aliphatic carbocycles. The summed E-state index contributed by atoms with van der Waals surface area (Å²) in [4.78, 5) is 0. The van der Waals surface area contributed by atoms with Gasteiger partial charge in [-0.1, -0.05) is 49.7 Å². The van der Waals surface area contributed by atoms with Crippen molar-refractivity contribution in [2.45, 2.75) is 38.5 Å². The molecular formula is C16H17F3O. The van der Waals surface area contributed by atoms with E-state index in [1.807, 2.05) is 6.92 Å². The van der Waals surface area contributed by atoms with Crippen LogP contribution < -0.4 is 0 Å². The van der Waals surface area contributed by atoms with Crippen LogP contribution in [0.4, 0.5) is 13.2 Å². The molecule has 20 heavy (non-hydrogen) atoms. The Hall–Kier alpha value is -1.55. The maximum Gasteiger partial charge on any atom is 0.421 e. The van der Waals surface area contributed by atoms with Crippen molar-refractivity contribution in [3.63, 3.8) is 0 Å². The van der Waals surface area contributed by atoms with Gasteiger partial charge < -0.3 is 5.11 Å². The monoisotopic (exact) mass is 282 g/mol. The molecule has 0 aromatic heterocycles. The number of hydrogen-bond acceptors (Lipinski definition) is 1. The Labute approximate surface area is 116 Å². The normalized spacial score (nSPS) is 15.3. The highest BCUT2D eigenvalue weighted by molar-refractivity contribution is 5.89. The molecule has 0 aliphatic heterocycles. The molecule has 0 spiro atoms. The molecule has 0 bridgehead atoms. The minimum absolute atomic E-state index is 0.0968. The molecule has 1 nitrogen and oxygen atoms in total. The summed E-state index contributed by atoms with van der Waals surface area (Å²) in [6.45, 7) is 2.82. The quantitative estimate of drug-likeness (QED) is 0.874. The van der Waals surface area contributed by atoms with Gasteiger partial charge >= 0.3 is 6.18 Å². The summed E-state index contributed by atoms with van der Waals surface area (Å²) in [5.74, 6) is 0. The van der Waals surface area contributed by atoms with Crippen LogP contribution in [0.1, 0.15) is 31.4 Å². The van der Waals surface area contributed by atoms with Crippen molar-refractivity contribution in [1.29, 1.82) is 0 Å². The average Bonchev–Trinajstić information content (AvgIpc) is 2.38. The number of benzene rings is 2. The number of aryl methyl sites for hydroxylation is 1. The number of aliphatic hydroxyl groups is 1. The second kappa shape index (κ2) is 5.09. The molecule has 4 heteroatoms. The molecular weight excluding hydrogens is 265 g/mol. The number of fused-ring (bicyclic) bond motifs is 1. The van der Waals surface area contributed by atoms with Gasteiger partial charge in [-0.15, -0.1) is 0 Å². The van der Waals surface area contributed by atoms with Crippen molar-refractivity contribution >= 4 is 10.8 Å². The van der Waals surface area contributed by atoms with Crippen LogP contribution in [0, 0.1) is 0 Å². The Kier molecular flexibility index (Phi) is 3.78. The van der Waals surface area contributed by atoms with Crippen LogP contribution in [0.5, 0.6) is 0 Å². The lowest BCUT2D eigenvalue weighted by Gasteiger charge is -2.28. The molecule has 2 aromatic carbocycles. The van der Waals surface area contributed by atoms with Gasteiger partial charge in [-0.25, -0.2) is 0 Å². The van der Waals surface area contributed by atoms with Crippen LogP contribution in [0.3, 0.4) is 0 Å². The molecule has 0 saturated heterocycles. The first-order chi connectivity index (χ1) is 9.29. The van der Waals surface area contributed by atoms with Gasteiger partial charge in [-0.05, 0) is 29.7 Å². The summed E-state index contributed by atoms with van der Waals surface area (Å²) in [6, 6.07) is 9.99.